The minimum absolute atomic E-state index is 0.0310. The third-order valence-electron chi connectivity index (χ3n) is 9.14. The van der Waals surface area contributed by atoms with Crippen LogP contribution >= 0.6 is 11.6 Å². The number of halogens is 1. The molecule has 2 atom stereocenters. The van der Waals surface area contributed by atoms with E-state index in [9.17, 15) is 14.4 Å². The van der Waals surface area contributed by atoms with E-state index in [1.165, 1.54) is 49.4 Å². The van der Waals surface area contributed by atoms with E-state index in [2.05, 4.69) is 16.7 Å². The van der Waals surface area contributed by atoms with E-state index < -0.39 is 11.2 Å². The van der Waals surface area contributed by atoms with Crippen molar-refractivity contribution >= 4 is 45.7 Å². The molecule has 1 aromatic heterocycles. The first-order valence-electron chi connectivity index (χ1n) is 15.9. The third-order valence-corrected chi connectivity index (χ3v) is 9.37. The molecule has 0 bridgehead atoms. The number of methoxy groups -OCH3 is 1. The lowest BCUT2D eigenvalue weighted by Crippen LogP contribution is -2.46. The van der Waals surface area contributed by atoms with Crippen LogP contribution in [0.15, 0.2) is 30.0 Å². The average Bonchev–Trinajstić information content (AvgIpc) is 3.31. The molecule has 0 saturated carbocycles. The third kappa shape index (κ3) is 7.40. The van der Waals surface area contributed by atoms with Gasteiger partial charge in [0.1, 0.15) is 5.60 Å². The number of unbranched alkanes of at least 4 members (excludes halogenated alkanes) is 5. The molecule has 1 amide bonds. The van der Waals surface area contributed by atoms with E-state index in [1.807, 2.05) is 19.1 Å². The summed E-state index contributed by atoms with van der Waals surface area (Å²) < 4.78 is 11.2. The van der Waals surface area contributed by atoms with Crippen molar-refractivity contribution in [3.05, 3.63) is 46.3 Å². The predicted octanol–water partition coefficient (Wildman–Crippen LogP) is 6.41. The second kappa shape index (κ2) is 13.8. The summed E-state index contributed by atoms with van der Waals surface area (Å²) in [6.07, 6.45) is 13.5. The van der Waals surface area contributed by atoms with Gasteiger partial charge < -0.3 is 20.1 Å². The van der Waals surface area contributed by atoms with Crippen molar-refractivity contribution in [2.45, 2.75) is 108 Å². The Morgan fingerprint density at radius 2 is 1.79 bits per heavy atom. The van der Waals surface area contributed by atoms with Crippen LogP contribution in [0.2, 0.25) is 5.02 Å². The molecule has 43 heavy (non-hydrogen) atoms. The zero-order valence-corrected chi connectivity index (χ0v) is 26.2. The van der Waals surface area contributed by atoms with Gasteiger partial charge in [-0.25, -0.2) is 0 Å². The number of hydrogen-bond acceptors (Lipinski definition) is 7. The van der Waals surface area contributed by atoms with Gasteiger partial charge in [0.2, 0.25) is 11.7 Å². The largest absolute Gasteiger partial charge is 0.493 e. The molecule has 1 fully saturated rings. The van der Waals surface area contributed by atoms with Crippen molar-refractivity contribution in [1.29, 1.82) is 0 Å². The Kier molecular flexibility index (Phi) is 10.1. The van der Waals surface area contributed by atoms with Crippen LogP contribution in [0.25, 0.3) is 10.9 Å². The van der Waals surface area contributed by atoms with Crippen molar-refractivity contribution < 1.29 is 23.9 Å². The Hall–Kier alpha value is -2.97. The van der Waals surface area contributed by atoms with E-state index in [4.69, 9.17) is 26.1 Å². The van der Waals surface area contributed by atoms with E-state index in [-0.39, 0.29) is 36.1 Å². The fourth-order valence-corrected chi connectivity index (χ4v) is 6.97. The smallest absolute Gasteiger partial charge is 0.222 e. The number of pyridine rings is 1. The molecule has 2 heterocycles. The van der Waals surface area contributed by atoms with E-state index in [0.29, 0.717) is 19.4 Å². The van der Waals surface area contributed by atoms with Crippen LogP contribution in [-0.4, -0.2) is 53.9 Å². The Labute approximate surface area is 259 Å². The summed E-state index contributed by atoms with van der Waals surface area (Å²) in [4.78, 5) is 42.6. The highest BCUT2D eigenvalue weighted by molar-refractivity contribution is 6.31. The predicted molar refractivity (Wildman–Crippen MR) is 168 cm³/mol. The average molecular weight is 610 g/mol. The number of anilines is 1. The van der Waals surface area contributed by atoms with Crippen molar-refractivity contribution in [1.82, 2.24) is 10.3 Å². The summed E-state index contributed by atoms with van der Waals surface area (Å²) in [5.41, 5.74) is 2.90. The molecule has 2 N–H and O–H groups in total. The normalized spacial score (nSPS) is 23.4. The van der Waals surface area contributed by atoms with E-state index in [1.54, 1.807) is 0 Å². The number of nitrogens with zero attached hydrogens (tertiary/aromatic N) is 1. The number of aromatic nitrogens is 1. The summed E-state index contributed by atoms with van der Waals surface area (Å²) >= 11 is 6.25. The van der Waals surface area contributed by atoms with Gasteiger partial charge in [-0.15, -0.1) is 0 Å². The van der Waals surface area contributed by atoms with Crippen molar-refractivity contribution in [2.24, 2.45) is 0 Å². The second-order valence-corrected chi connectivity index (χ2v) is 13.0. The zero-order chi connectivity index (χ0) is 30.5. The standard InChI is InChI=1S/C34H44ClN3O5/c1-33(15-16-34(43-33)21-28(39)29(42-2)20-30(34)40)22-31(41)36-17-9-5-3-4-6-10-18-37-32-24-11-7-8-12-26(24)38-27-19-23(35)13-14-25(27)32/h13-14,19-20H,3-12,15-18,21-22H2,1-2H3,(H,36,41)(H,37,38). The van der Waals surface area contributed by atoms with Gasteiger partial charge in [-0.1, -0.05) is 37.3 Å². The Balaban J connectivity index is 0.965. The zero-order valence-electron chi connectivity index (χ0n) is 25.5. The molecular weight excluding hydrogens is 566 g/mol. The minimum atomic E-state index is -1.16. The van der Waals surface area contributed by atoms with E-state index >= 15 is 0 Å². The fourth-order valence-electron chi connectivity index (χ4n) is 6.80. The first-order valence-corrected chi connectivity index (χ1v) is 16.2. The number of carbonyl (C=O) groups excluding carboxylic acids is 3. The highest BCUT2D eigenvalue weighted by Crippen LogP contribution is 2.45. The Morgan fingerprint density at radius 3 is 2.58 bits per heavy atom. The molecule has 9 heteroatoms. The second-order valence-electron chi connectivity index (χ2n) is 12.6. The molecule has 1 aromatic carbocycles. The maximum absolute atomic E-state index is 12.7. The van der Waals surface area contributed by atoms with Crippen LogP contribution in [-0.2, 0) is 36.7 Å². The summed E-state index contributed by atoms with van der Waals surface area (Å²) in [5.74, 6) is -0.496. The fraction of sp³-hybridized carbons (Fsp3) is 0.588. The van der Waals surface area contributed by atoms with Gasteiger partial charge in [-0.05, 0) is 82.1 Å². The van der Waals surface area contributed by atoms with Crippen LogP contribution in [0, 0.1) is 0 Å². The van der Waals surface area contributed by atoms with Gasteiger partial charge in [0.05, 0.1) is 31.1 Å². The van der Waals surface area contributed by atoms with Crippen LogP contribution in [0.3, 0.4) is 0 Å². The number of aryl methyl sites for hydroxylation is 1. The number of carbonyl (C=O) groups is 3. The van der Waals surface area contributed by atoms with Crippen LogP contribution in [0.4, 0.5) is 5.69 Å². The number of allylic oxidation sites excluding steroid dienone is 1. The molecule has 2 aliphatic carbocycles. The lowest BCUT2D eigenvalue weighted by molar-refractivity contribution is -0.158. The highest BCUT2D eigenvalue weighted by atomic mass is 35.5. The number of hydrogen-bond donors (Lipinski definition) is 2. The summed E-state index contributed by atoms with van der Waals surface area (Å²) in [5, 5.41) is 8.63. The number of rotatable bonds is 13. The van der Waals surface area contributed by atoms with Gasteiger partial charge in [-0.3, -0.25) is 19.4 Å². The maximum atomic E-state index is 12.7. The summed E-state index contributed by atoms with van der Waals surface area (Å²) in [6, 6.07) is 6.01. The first kappa shape index (κ1) is 31.5. The molecule has 2 unspecified atom stereocenters. The van der Waals surface area contributed by atoms with Crippen molar-refractivity contribution in [2.75, 3.05) is 25.5 Å². The van der Waals surface area contributed by atoms with E-state index in [0.717, 1.165) is 67.4 Å². The Bertz CT molecular complexity index is 1410. The number of nitrogens with one attached hydrogen (secondary N) is 2. The first-order chi connectivity index (χ1) is 20.7. The maximum Gasteiger partial charge on any atom is 0.222 e. The number of Topliss-reactive ketones (excluding diaryl/α,β-unsaturated/α-hetero) is 1. The minimum Gasteiger partial charge on any atom is -0.493 e. The number of amides is 1. The highest BCUT2D eigenvalue weighted by Gasteiger charge is 2.54. The van der Waals surface area contributed by atoms with Gasteiger partial charge >= 0.3 is 0 Å². The molecule has 1 aliphatic heterocycles. The topological polar surface area (TPSA) is 107 Å². The van der Waals surface area contributed by atoms with Crippen LogP contribution in [0.5, 0.6) is 0 Å². The molecule has 1 saturated heterocycles. The summed E-state index contributed by atoms with van der Waals surface area (Å²) in [7, 11) is 1.38. The number of fused-ring (bicyclic) bond motifs is 2. The van der Waals surface area contributed by atoms with Crippen LogP contribution < -0.4 is 10.6 Å². The quantitative estimate of drug-likeness (QED) is 0.253. The molecular formula is C34H44ClN3O5. The summed E-state index contributed by atoms with van der Waals surface area (Å²) in [6.45, 7) is 3.42. The lowest BCUT2D eigenvalue weighted by atomic mass is 9.83. The molecule has 1 spiro atoms. The molecule has 5 rings (SSSR count). The molecule has 8 nitrogen and oxygen atoms in total. The van der Waals surface area contributed by atoms with Gasteiger partial charge in [0.15, 0.2) is 11.5 Å². The Morgan fingerprint density at radius 1 is 1.05 bits per heavy atom. The van der Waals surface area contributed by atoms with Crippen LogP contribution in [0.1, 0.15) is 95.2 Å². The van der Waals surface area contributed by atoms with Crippen molar-refractivity contribution in [3.8, 4) is 0 Å². The van der Waals surface area contributed by atoms with Crippen molar-refractivity contribution in [3.63, 3.8) is 0 Å². The molecule has 3 aliphatic rings. The van der Waals surface area contributed by atoms with Gasteiger partial charge in [0.25, 0.3) is 0 Å². The monoisotopic (exact) mass is 609 g/mol. The number of ether oxygens (including phenoxy) is 2. The van der Waals surface area contributed by atoms with Gasteiger partial charge in [0, 0.05) is 41.0 Å². The lowest BCUT2D eigenvalue weighted by Gasteiger charge is -2.33. The molecule has 2 aromatic rings. The number of benzene rings is 1. The van der Waals surface area contributed by atoms with Gasteiger partial charge in [-0.2, -0.15) is 0 Å². The number of ketones is 2. The molecule has 232 valence electrons. The SMILES string of the molecule is COC1=CC(=O)C2(CCC(C)(CC(=O)NCCCCCCCCNc3c4c(nc5cc(Cl)ccc35)CCCC4)O2)CC1=O. The molecule has 0 radical (unpaired) electrons.